The van der Waals surface area contributed by atoms with Gasteiger partial charge >= 0.3 is 0 Å². The minimum absolute atomic E-state index is 0. The molecule has 0 heterocycles. The molecule has 3 N–H and O–H groups in total. The number of halogens is 2. The number of carbonyl (C=O) groups is 1. The van der Waals surface area contributed by atoms with E-state index in [0.29, 0.717) is 31.2 Å². The van der Waals surface area contributed by atoms with Crippen molar-refractivity contribution in [1.29, 1.82) is 0 Å². The number of hydrogen-bond donors (Lipinski definition) is 3. The first-order valence-corrected chi connectivity index (χ1v) is 9.22. The molecule has 0 aromatic heterocycles. The van der Waals surface area contributed by atoms with Gasteiger partial charge in [-0.15, -0.1) is 24.0 Å². The van der Waals surface area contributed by atoms with Gasteiger partial charge in [0.2, 0.25) is 5.91 Å². The summed E-state index contributed by atoms with van der Waals surface area (Å²) < 4.78 is 23.7. The molecule has 7 nitrogen and oxygen atoms in total. The Morgan fingerprint density at radius 3 is 2.47 bits per heavy atom. The lowest BCUT2D eigenvalue weighted by atomic mass is 10.1. The average molecular weight is 530 g/mol. The second kappa shape index (κ2) is 13.6. The monoisotopic (exact) mass is 530 g/mol. The number of aliphatic imine (C=N–C) groups is 1. The molecule has 0 bridgehead atoms. The van der Waals surface area contributed by atoms with E-state index in [-0.39, 0.29) is 42.1 Å². The Balaban J connectivity index is 0.00000450. The van der Waals surface area contributed by atoms with Crippen molar-refractivity contribution in [3.05, 3.63) is 59.4 Å². The number of carbonyl (C=O) groups excluding carboxylic acids is 1. The second-order valence-electron chi connectivity index (χ2n) is 6.19. The Hall–Kier alpha value is -2.56. The topological polar surface area (TPSA) is 84.0 Å². The predicted octanol–water partition coefficient (Wildman–Crippen LogP) is 2.48. The molecule has 0 radical (unpaired) electrons. The highest BCUT2D eigenvalue weighted by molar-refractivity contribution is 14.0. The maximum Gasteiger partial charge on any atom is 0.224 e. The van der Waals surface area contributed by atoms with Crippen LogP contribution in [0.25, 0.3) is 0 Å². The zero-order valence-corrected chi connectivity index (χ0v) is 19.7. The number of amides is 1. The third-order valence-corrected chi connectivity index (χ3v) is 4.16. The van der Waals surface area contributed by atoms with Gasteiger partial charge in [0.05, 0.1) is 20.6 Å². The quantitative estimate of drug-likeness (QED) is 0.201. The maximum absolute atomic E-state index is 13.2. The molecule has 164 valence electrons. The third-order valence-electron chi connectivity index (χ3n) is 4.16. The number of guanidine groups is 1. The van der Waals surface area contributed by atoms with Gasteiger partial charge in [-0.05, 0) is 29.8 Å². The van der Waals surface area contributed by atoms with E-state index in [1.165, 1.54) is 12.1 Å². The van der Waals surface area contributed by atoms with E-state index in [4.69, 9.17) is 9.47 Å². The summed E-state index contributed by atoms with van der Waals surface area (Å²) in [6.07, 6.45) is 0.141. The molecule has 0 unspecified atom stereocenters. The number of rotatable bonds is 9. The maximum atomic E-state index is 13.2. The van der Waals surface area contributed by atoms with Crippen LogP contribution < -0.4 is 25.4 Å². The normalized spacial score (nSPS) is 10.6. The molecule has 0 aliphatic carbocycles. The van der Waals surface area contributed by atoms with E-state index >= 15 is 0 Å². The van der Waals surface area contributed by atoms with Crippen LogP contribution in [0.3, 0.4) is 0 Å². The van der Waals surface area contributed by atoms with Gasteiger partial charge in [-0.2, -0.15) is 0 Å². The molecule has 0 atom stereocenters. The summed E-state index contributed by atoms with van der Waals surface area (Å²) in [7, 11) is 4.89. The van der Waals surface area contributed by atoms with Gasteiger partial charge in [0.25, 0.3) is 0 Å². The molecule has 2 aromatic carbocycles. The molecule has 0 saturated heterocycles. The van der Waals surface area contributed by atoms with Crippen molar-refractivity contribution in [3.8, 4) is 11.5 Å². The standard InChI is InChI=1S/C21H27FN4O3.HI/c1-23-21(26-14-16-7-8-18(28-2)13-19(16)29-3)25-10-9-24-20(27)12-15-5-4-6-17(22)11-15;/h4-8,11,13H,9-10,12,14H2,1-3H3,(H,24,27)(H2,23,25,26);1H. The van der Waals surface area contributed by atoms with E-state index in [1.807, 2.05) is 18.2 Å². The first-order valence-electron chi connectivity index (χ1n) is 9.22. The largest absolute Gasteiger partial charge is 0.497 e. The highest BCUT2D eigenvalue weighted by Gasteiger charge is 2.07. The smallest absolute Gasteiger partial charge is 0.224 e. The molecular weight excluding hydrogens is 502 g/mol. The molecule has 1 amide bonds. The number of hydrogen-bond acceptors (Lipinski definition) is 4. The summed E-state index contributed by atoms with van der Waals surface area (Å²) in [4.78, 5) is 16.1. The highest BCUT2D eigenvalue weighted by Crippen LogP contribution is 2.24. The molecule has 9 heteroatoms. The lowest BCUT2D eigenvalue weighted by Gasteiger charge is -2.14. The lowest BCUT2D eigenvalue weighted by molar-refractivity contribution is -0.120. The van der Waals surface area contributed by atoms with E-state index in [9.17, 15) is 9.18 Å². The fourth-order valence-corrected chi connectivity index (χ4v) is 2.68. The predicted molar refractivity (Wildman–Crippen MR) is 126 cm³/mol. The van der Waals surface area contributed by atoms with Crippen LogP contribution in [-0.2, 0) is 17.8 Å². The van der Waals surface area contributed by atoms with Gasteiger partial charge in [0.15, 0.2) is 5.96 Å². The van der Waals surface area contributed by atoms with Crippen molar-refractivity contribution in [2.24, 2.45) is 4.99 Å². The zero-order chi connectivity index (χ0) is 21.1. The number of nitrogens with zero attached hydrogens (tertiary/aromatic N) is 1. The van der Waals surface area contributed by atoms with Gasteiger partial charge in [0, 0.05) is 38.3 Å². The first kappa shape index (κ1) is 25.5. The minimum Gasteiger partial charge on any atom is -0.497 e. The molecule has 0 saturated carbocycles. The first-order chi connectivity index (χ1) is 14.0. The Morgan fingerprint density at radius 1 is 1.03 bits per heavy atom. The zero-order valence-electron chi connectivity index (χ0n) is 17.3. The van der Waals surface area contributed by atoms with Crippen molar-refractivity contribution < 1.29 is 18.7 Å². The molecule has 0 aliphatic rings. The molecule has 2 rings (SSSR count). The van der Waals surface area contributed by atoms with Crippen LogP contribution in [0.5, 0.6) is 11.5 Å². The molecule has 0 fully saturated rings. The number of ether oxygens (including phenoxy) is 2. The van der Waals surface area contributed by atoms with Crippen LogP contribution in [0, 0.1) is 5.82 Å². The van der Waals surface area contributed by atoms with Gasteiger partial charge in [0.1, 0.15) is 17.3 Å². The summed E-state index contributed by atoms with van der Waals surface area (Å²) in [6, 6.07) is 11.6. The Bertz CT molecular complexity index is 849. The van der Waals surface area contributed by atoms with E-state index in [2.05, 4.69) is 20.9 Å². The Kier molecular flexibility index (Phi) is 11.6. The second-order valence-corrected chi connectivity index (χ2v) is 6.19. The van der Waals surface area contributed by atoms with Gasteiger partial charge in [-0.1, -0.05) is 12.1 Å². The summed E-state index contributed by atoms with van der Waals surface area (Å²) in [5.41, 5.74) is 1.60. The fourth-order valence-electron chi connectivity index (χ4n) is 2.68. The van der Waals surface area contributed by atoms with E-state index in [1.54, 1.807) is 33.4 Å². The SMILES string of the molecule is CN=C(NCCNC(=O)Cc1cccc(F)c1)NCc1ccc(OC)cc1OC.I. The molecule has 30 heavy (non-hydrogen) atoms. The number of methoxy groups -OCH3 is 2. The summed E-state index contributed by atoms with van der Waals surface area (Å²) in [5, 5.41) is 9.12. The van der Waals surface area contributed by atoms with Crippen molar-refractivity contribution in [1.82, 2.24) is 16.0 Å². The van der Waals surface area contributed by atoms with Crippen molar-refractivity contribution >= 4 is 35.8 Å². The third kappa shape index (κ3) is 8.44. The number of nitrogens with one attached hydrogen (secondary N) is 3. The highest BCUT2D eigenvalue weighted by atomic mass is 127. The fraction of sp³-hybridized carbons (Fsp3) is 0.333. The van der Waals surface area contributed by atoms with Gasteiger partial charge < -0.3 is 25.4 Å². The van der Waals surface area contributed by atoms with Crippen LogP contribution in [0.2, 0.25) is 0 Å². The molecule has 0 spiro atoms. The van der Waals surface area contributed by atoms with Crippen LogP contribution in [0.15, 0.2) is 47.5 Å². The molecular formula is C21H28FIN4O3. The lowest BCUT2D eigenvalue weighted by Crippen LogP contribution is -2.41. The van der Waals surface area contributed by atoms with E-state index < -0.39 is 0 Å². The summed E-state index contributed by atoms with van der Waals surface area (Å²) in [5.74, 6) is 1.53. The van der Waals surface area contributed by atoms with E-state index in [0.717, 1.165) is 17.1 Å². The molecule has 0 aliphatic heterocycles. The number of benzene rings is 2. The van der Waals surface area contributed by atoms with Crippen LogP contribution in [-0.4, -0.2) is 46.2 Å². The van der Waals surface area contributed by atoms with Crippen LogP contribution in [0.4, 0.5) is 4.39 Å². The Labute approximate surface area is 193 Å². The van der Waals surface area contributed by atoms with Crippen molar-refractivity contribution in [2.75, 3.05) is 34.4 Å². The van der Waals surface area contributed by atoms with Crippen molar-refractivity contribution in [3.63, 3.8) is 0 Å². The summed E-state index contributed by atoms with van der Waals surface area (Å²) in [6.45, 7) is 1.42. The van der Waals surface area contributed by atoms with Gasteiger partial charge in [-0.25, -0.2) is 4.39 Å². The summed E-state index contributed by atoms with van der Waals surface area (Å²) >= 11 is 0. The average Bonchev–Trinajstić information content (AvgIpc) is 2.73. The molecule has 2 aromatic rings. The Morgan fingerprint density at radius 2 is 1.80 bits per heavy atom. The minimum atomic E-state index is -0.347. The van der Waals surface area contributed by atoms with Gasteiger partial charge in [-0.3, -0.25) is 9.79 Å². The van der Waals surface area contributed by atoms with Crippen LogP contribution >= 0.6 is 24.0 Å². The van der Waals surface area contributed by atoms with Crippen LogP contribution in [0.1, 0.15) is 11.1 Å². The van der Waals surface area contributed by atoms with Crippen molar-refractivity contribution in [2.45, 2.75) is 13.0 Å².